The molecule has 0 unspecified atom stereocenters. The molecule has 8 rings (SSSR count). The molecular formula is C41H38N6O3. The van der Waals surface area contributed by atoms with Crippen molar-refractivity contribution in [2.45, 2.75) is 58.4 Å². The van der Waals surface area contributed by atoms with Gasteiger partial charge in [-0.15, -0.1) is 0 Å². The Hall–Kier alpha value is -5.59. The zero-order chi connectivity index (χ0) is 34.4. The Kier molecular flexibility index (Phi) is 8.25. The first kappa shape index (κ1) is 31.7. The molecule has 3 aromatic carbocycles. The normalized spacial score (nSPS) is 16.7. The summed E-state index contributed by atoms with van der Waals surface area (Å²) in [7, 11) is 0. The van der Waals surface area contributed by atoms with Crippen molar-refractivity contribution in [3.05, 3.63) is 101 Å². The maximum atomic E-state index is 11.5. The van der Waals surface area contributed by atoms with Gasteiger partial charge in [-0.1, -0.05) is 37.1 Å². The molecule has 2 fully saturated rings. The Balaban J connectivity index is 1.09. The summed E-state index contributed by atoms with van der Waals surface area (Å²) in [6, 6.07) is 22.7. The number of aliphatic carboxylic acids is 1. The second-order valence-electron chi connectivity index (χ2n) is 13.7. The smallest absolute Gasteiger partial charge is 0.307 e. The molecule has 3 aromatic heterocycles. The van der Waals surface area contributed by atoms with E-state index in [4.69, 9.17) is 14.4 Å². The third-order valence-electron chi connectivity index (χ3n) is 10.6. The summed E-state index contributed by atoms with van der Waals surface area (Å²) in [5, 5.41) is 24.1. The minimum absolute atomic E-state index is 0.357. The predicted octanol–water partition coefficient (Wildman–Crippen LogP) is 8.90. The van der Waals surface area contributed by atoms with Crippen LogP contribution in [0.1, 0.15) is 65.8 Å². The van der Waals surface area contributed by atoms with Gasteiger partial charge >= 0.3 is 5.97 Å². The monoisotopic (exact) mass is 662 g/mol. The number of nitriles is 1. The number of fused-ring (bicyclic) bond motifs is 2. The number of pyridine rings is 2. The Morgan fingerprint density at radius 2 is 1.78 bits per heavy atom. The standard InChI is InChI=1S/C41H38N6O3/c1-24-32(33-10-6-12-35(25(33)2)45-39-37-28(13-15-43-39)19-31(21-44-37)27-7-3-4-8-27)9-5-11-34(24)40-46-36-18-26(17-30(20-42)38(36)50-40)22-47-16-14-29(23-47)41(48)49/h5-6,9-13,15,17-19,21,27,29H,3-4,7-8,14,16,22-23H2,1-2H3,(H,43,45)(H,48,49)/t29-/m1/s1. The average molecular weight is 663 g/mol. The number of anilines is 2. The van der Waals surface area contributed by atoms with Crippen LogP contribution in [0.4, 0.5) is 11.5 Å². The van der Waals surface area contributed by atoms with Crippen LogP contribution in [0.3, 0.4) is 0 Å². The van der Waals surface area contributed by atoms with Crippen LogP contribution in [0.2, 0.25) is 0 Å². The molecule has 250 valence electrons. The van der Waals surface area contributed by atoms with Crippen molar-refractivity contribution in [3.8, 4) is 28.7 Å². The highest BCUT2D eigenvalue weighted by molar-refractivity contribution is 5.91. The summed E-state index contributed by atoms with van der Waals surface area (Å²) < 4.78 is 6.28. The van der Waals surface area contributed by atoms with E-state index in [2.05, 4.69) is 59.4 Å². The number of carboxylic acid groups (broad SMARTS) is 1. The third kappa shape index (κ3) is 5.86. The van der Waals surface area contributed by atoms with Crippen LogP contribution >= 0.6 is 0 Å². The second kappa shape index (κ2) is 13.0. The number of carbonyl (C=O) groups is 1. The lowest BCUT2D eigenvalue weighted by molar-refractivity contribution is -0.141. The molecule has 9 heteroatoms. The number of nitrogens with zero attached hydrogens (tertiary/aromatic N) is 5. The van der Waals surface area contributed by atoms with E-state index >= 15 is 0 Å². The van der Waals surface area contributed by atoms with E-state index in [0.717, 1.165) is 55.8 Å². The molecule has 0 bridgehead atoms. The maximum Gasteiger partial charge on any atom is 0.307 e. The molecule has 1 aliphatic heterocycles. The minimum atomic E-state index is -0.760. The lowest BCUT2D eigenvalue weighted by Gasteiger charge is -2.17. The molecule has 1 saturated heterocycles. The van der Waals surface area contributed by atoms with Gasteiger partial charge in [0.2, 0.25) is 5.89 Å². The summed E-state index contributed by atoms with van der Waals surface area (Å²) in [6.45, 7) is 5.94. The summed E-state index contributed by atoms with van der Waals surface area (Å²) in [6.07, 6.45) is 9.56. The maximum absolute atomic E-state index is 11.5. The highest BCUT2D eigenvalue weighted by atomic mass is 16.4. The molecular weight excluding hydrogens is 624 g/mol. The fourth-order valence-corrected chi connectivity index (χ4v) is 7.82. The van der Waals surface area contributed by atoms with Crippen LogP contribution in [0.15, 0.2) is 77.5 Å². The van der Waals surface area contributed by atoms with Gasteiger partial charge in [0.1, 0.15) is 17.1 Å². The van der Waals surface area contributed by atoms with Gasteiger partial charge in [-0.25, -0.2) is 9.97 Å². The number of nitrogens with one attached hydrogen (secondary N) is 1. The first-order chi connectivity index (χ1) is 24.4. The SMILES string of the molecule is Cc1c(Nc2nccc3cc(C4CCCC4)cnc23)cccc1-c1cccc(-c2nc3cc(CN4CC[C@@H](C(=O)O)C4)cc(C#N)c3o2)c1C. The Bertz CT molecular complexity index is 2320. The van der Waals surface area contributed by atoms with Crippen molar-refractivity contribution < 1.29 is 14.3 Å². The molecule has 1 saturated carbocycles. The lowest BCUT2D eigenvalue weighted by Crippen LogP contribution is -2.22. The van der Waals surface area contributed by atoms with E-state index in [-0.39, 0.29) is 5.92 Å². The van der Waals surface area contributed by atoms with Gasteiger partial charge < -0.3 is 14.8 Å². The van der Waals surface area contributed by atoms with E-state index in [0.29, 0.717) is 54.5 Å². The molecule has 0 radical (unpaired) electrons. The zero-order valence-electron chi connectivity index (χ0n) is 28.2. The summed E-state index contributed by atoms with van der Waals surface area (Å²) in [4.78, 5) is 28.0. The molecule has 6 aromatic rings. The average Bonchev–Trinajstić information content (AvgIpc) is 3.91. The van der Waals surface area contributed by atoms with Crippen LogP contribution in [0, 0.1) is 31.1 Å². The predicted molar refractivity (Wildman–Crippen MR) is 194 cm³/mol. The van der Waals surface area contributed by atoms with Crippen molar-refractivity contribution in [1.29, 1.82) is 5.26 Å². The van der Waals surface area contributed by atoms with E-state index in [1.165, 1.54) is 31.2 Å². The first-order valence-corrected chi connectivity index (χ1v) is 17.4. The molecule has 9 nitrogen and oxygen atoms in total. The Morgan fingerprint density at radius 3 is 2.56 bits per heavy atom. The van der Waals surface area contributed by atoms with Crippen molar-refractivity contribution >= 4 is 39.5 Å². The third-order valence-corrected chi connectivity index (χ3v) is 10.6. The van der Waals surface area contributed by atoms with Crippen LogP contribution in [-0.2, 0) is 11.3 Å². The van der Waals surface area contributed by atoms with Gasteiger partial charge in [0.15, 0.2) is 11.4 Å². The van der Waals surface area contributed by atoms with Gasteiger partial charge in [-0.05, 0) is 115 Å². The lowest BCUT2D eigenvalue weighted by atomic mass is 9.93. The second-order valence-corrected chi connectivity index (χ2v) is 13.7. The first-order valence-electron chi connectivity index (χ1n) is 17.4. The van der Waals surface area contributed by atoms with E-state index in [1.807, 2.05) is 48.8 Å². The fourth-order valence-electron chi connectivity index (χ4n) is 7.82. The van der Waals surface area contributed by atoms with Crippen molar-refractivity contribution in [1.82, 2.24) is 19.9 Å². The molecule has 1 atom stereocenters. The molecule has 2 aliphatic rings. The van der Waals surface area contributed by atoms with Crippen LogP contribution in [0.5, 0.6) is 0 Å². The van der Waals surface area contributed by atoms with Gasteiger partial charge in [0.25, 0.3) is 0 Å². The van der Waals surface area contributed by atoms with Crippen LogP contribution < -0.4 is 5.32 Å². The highest BCUT2D eigenvalue weighted by Gasteiger charge is 2.28. The Morgan fingerprint density at radius 1 is 1.00 bits per heavy atom. The number of carboxylic acids is 1. The molecule has 0 spiro atoms. The molecule has 1 aliphatic carbocycles. The van der Waals surface area contributed by atoms with Crippen molar-refractivity contribution in [2.75, 3.05) is 18.4 Å². The molecule has 0 amide bonds. The van der Waals surface area contributed by atoms with E-state index in [9.17, 15) is 15.2 Å². The molecule has 50 heavy (non-hydrogen) atoms. The van der Waals surface area contributed by atoms with Crippen molar-refractivity contribution in [3.63, 3.8) is 0 Å². The molecule has 4 heterocycles. The fraction of sp³-hybridized carbons (Fsp3) is 0.293. The number of hydrogen-bond acceptors (Lipinski definition) is 8. The number of aromatic nitrogens is 3. The summed E-state index contributed by atoms with van der Waals surface area (Å²) >= 11 is 0. The number of hydrogen-bond donors (Lipinski definition) is 2. The zero-order valence-corrected chi connectivity index (χ0v) is 28.2. The van der Waals surface area contributed by atoms with Gasteiger partial charge in [-0.2, -0.15) is 5.26 Å². The van der Waals surface area contributed by atoms with Crippen LogP contribution in [-0.4, -0.2) is 44.0 Å². The van der Waals surface area contributed by atoms with E-state index in [1.54, 1.807) is 0 Å². The summed E-state index contributed by atoms with van der Waals surface area (Å²) in [5.74, 6) is 0.672. The van der Waals surface area contributed by atoms with Gasteiger partial charge in [0.05, 0.1) is 11.5 Å². The number of benzene rings is 3. The van der Waals surface area contributed by atoms with Gasteiger partial charge in [0, 0.05) is 42.1 Å². The largest absolute Gasteiger partial charge is 0.481 e. The minimum Gasteiger partial charge on any atom is -0.481 e. The van der Waals surface area contributed by atoms with Gasteiger partial charge in [-0.3, -0.25) is 14.7 Å². The quantitative estimate of drug-likeness (QED) is 0.164. The molecule has 2 N–H and O–H groups in total. The van der Waals surface area contributed by atoms with Crippen molar-refractivity contribution in [2.24, 2.45) is 5.92 Å². The number of rotatable bonds is 8. The topological polar surface area (TPSA) is 128 Å². The van der Waals surface area contributed by atoms with E-state index < -0.39 is 5.97 Å². The Labute approximate surface area is 290 Å². The number of oxazole rings is 1. The van der Waals surface area contributed by atoms with Crippen LogP contribution in [0.25, 0.3) is 44.6 Å². The highest BCUT2D eigenvalue weighted by Crippen LogP contribution is 2.39. The number of likely N-dealkylation sites (tertiary alicyclic amines) is 1. The summed E-state index contributed by atoms with van der Waals surface area (Å²) in [5.41, 5.74) is 10.6.